The van der Waals surface area contributed by atoms with Crippen molar-refractivity contribution in [1.82, 2.24) is 4.90 Å². The molecule has 0 radical (unpaired) electrons. The Balaban J connectivity index is 2.04. The Labute approximate surface area is 142 Å². The number of benzene rings is 2. The van der Waals surface area contributed by atoms with E-state index in [1.165, 1.54) is 26.1 Å². The molecule has 0 N–H and O–H groups in total. The van der Waals surface area contributed by atoms with E-state index in [-0.39, 0.29) is 5.56 Å². The van der Waals surface area contributed by atoms with Crippen LogP contribution >= 0.6 is 0 Å². The quantitative estimate of drug-likeness (QED) is 0.816. The Morgan fingerprint density at radius 2 is 1.60 bits per heavy atom. The summed E-state index contributed by atoms with van der Waals surface area (Å²) in [5, 5.41) is 0. The minimum Gasteiger partial charge on any atom is -0.441 e. The zero-order valence-electron chi connectivity index (χ0n) is 13.6. The van der Waals surface area contributed by atoms with Crippen molar-refractivity contribution < 1.29 is 27.4 Å². The number of amides is 1. The van der Waals surface area contributed by atoms with Crippen molar-refractivity contribution in [3.05, 3.63) is 60.2 Å². The summed E-state index contributed by atoms with van der Waals surface area (Å²) < 4.78 is 48.5. The molecule has 1 saturated heterocycles. The van der Waals surface area contributed by atoms with Gasteiger partial charge in [-0.2, -0.15) is 0 Å². The lowest BCUT2D eigenvalue weighted by molar-refractivity contribution is -0.393. The summed E-state index contributed by atoms with van der Waals surface area (Å²) in [6.07, 6.45) is -6.94. The molecule has 1 fully saturated rings. The van der Waals surface area contributed by atoms with Gasteiger partial charge < -0.3 is 4.74 Å². The molecule has 2 aromatic rings. The largest absolute Gasteiger partial charge is 0.525 e. The van der Waals surface area contributed by atoms with Gasteiger partial charge in [-0.3, -0.25) is 9.64 Å². The fourth-order valence-electron chi connectivity index (χ4n) is 3.07. The lowest BCUT2D eigenvalue weighted by Gasteiger charge is -2.36. The molecule has 7 heteroatoms. The lowest BCUT2D eigenvalue weighted by atomic mass is 9.94. The standard InChI is InChI=1S/C18H16F3NO3/c1-12-17(25-18(19,20)21,22(2)16(23)24-12)15-10-8-14(9-11-15)13-6-4-3-5-7-13/h3-12H,1-2H3. The maximum atomic E-state index is 13.0. The molecule has 1 aliphatic rings. The SMILES string of the molecule is CC1OC(=O)N(C)C1(OC(F)(F)F)c1ccc(-c2ccccc2)cc1. The second-order valence-corrected chi connectivity index (χ2v) is 5.77. The van der Waals surface area contributed by atoms with E-state index in [1.807, 2.05) is 30.3 Å². The van der Waals surface area contributed by atoms with Gasteiger partial charge in [0, 0.05) is 12.6 Å². The van der Waals surface area contributed by atoms with E-state index in [0.29, 0.717) is 0 Å². The molecular formula is C18H16F3NO3. The van der Waals surface area contributed by atoms with Crippen LogP contribution in [0, 0.1) is 0 Å². The minimum absolute atomic E-state index is 0.186. The number of carbonyl (C=O) groups excluding carboxylic acids is 1. The van der Waals surface area contributed by atoms with E-state index in [4.69, 9.17) is 4.74 Å². The first-order valence-electron chi connectivity index (χ1n) is 7.61. The van der Waals surface area contributed by atoms with Gasteiger partial charge in [0.15, 0.2) is 6.10 Å². The highest BCUT2D eigenvalue weighted by molar-refractivity contribution is 5.72. The molecule has 1 heterocycles. The van der Waals surface area contributed by atoms with Crippen molar-refractivity contribution in [1.29, 1.82) is 0 Å². The van der Waals surface area contributed by atoms with Crippen LogP contribution in [0.3, 0.4) is 0 Å². The average molecular weight is 351 g/mol. The Hall–Kier alpha value is -2.54. The Kier molecular flexibility index (Phi) is 4.20. The van der Waals surface area contributed by atoms with Crippen LogP contribution in [0.1, 0.15) is 12.5 Å². The number of ether oxygens (including phenoxy) is 2. The Morgan fingerprint density at radius 1 is 1.04 bits per heavy atom. The lowest BCUT2D eigenvalue weighted by Crippen LogP contribution is -2.51. The molecule has 0 aromatic heterocycles. The number of cyclic esters (lactones) is 1. The number of alkyl halides is 3. The summed E-state index contributed by atoms with van der Waals surface area (Å²) in [6, 6.07) is 15.8. The van der Waals surface area contributed by atoms with Crippen LogP contribution in [-0.4, -0.2) is 30.5 Å². The molecule has 2 atom stereocenters. The molecule has 0 saturated carbocycles. The van der Waals surface area contributed by atoms with Crippen molar-refractivity contribution >= 4 is 6.09 Å². The number of hydrogen-bond acceptors (Lipinski definition) is 3. The molecule has 2 unspecified atom stereocenters. The van der Waals surface area contributed by atoms with E-state index < -0.39 is 24.3 Å². The van der Waals surface area contributed by atoms with Crippen LogP contribution in [0.15, 0.2) is 54.6 Å². The van der Waals surface area contributed by atoms with Crippen LogP contribution in [-0.2, 0) is 15.2 Å². The molecule has 2 aromatic carbocycles. The number of nitrogens with zero attached hydrogens (tertiary/aromatic N) is 1. The monoisotopic (exact) mass is 351 g/mol. The number of carbonyl (C=O) groups is 1. The van der Waals surface area contributed by atoms with Gasteiger partial charge in [-0.15, -0.1) is 13.2 Å². The summed E-state index contributed by atoms with van der Waals surface area (Å²) in [5.74, 6) is 0. The fraction of sp³-hybridized carbons (Fsp3) is 0.278. The Bertz CT molecular complexity index is 761. The first-order valence-corrected chi connectivity index (χ1v) is 7.61. The van der Waals surface area contributed by atoms with Crippen molar-refractivity contribution in [3.8, 4) is 11.1 Å². The van der Waals surface area contributed by atoms with Gasteiger partial charge >= 0.3 is 12.5 Å². The van der Waals surface area contributed by atoms with Crippen molar-refractivity contribution in [2.75, 3.05) is 7.05 Å². The highest BCUT2D eigenvalue weighted by Gasteiger charge is 2.59. The third kappa shape index (κ3) is 3.07. The fourth-order valence-corrected chi connectivity index (χ4v) is 3.07. The molecule has 1 amide bonds. The van der Waals surface area contributed by atoms with E-state index >= 15 is 0 Å². The second-order valence-electron chi connectivity index (χ2n) is 5.77. The molecule has 0 spiro atoms. The van der Waals surface area contributed by atoms with E-state index in [2.05, 4.69) is 4.74 Å². The maximum Gasteiger partial charge on any atom is 0.525 e. The van der Waals surface area contributed by atoms with Gasteiger partial charge in [-0.05, 0) is 18.1 Å². The van der Waals surface area contributed by atoms with Crippen molar-refractivity contribution in [2.24, 2.45) is 0 Å². The maximum absolute atomic E-state index is 13.0. The van der Waals surface area contributed by atoms with Crippen molar-refractivity contribution in [3.63, 3.8) is 0 Å². The van der Waals surface area contributed by atoms with Crippen LogP contribution < -0.4 is 0 Å². The highest BCUT2D eigenvalue weighted by atomic mass is 19.4. The van der Waals surface area contributed by atoms with Crippen LogP contribution in [0.2, 0.25) is 0 Å². The van der Waals surface area contributed by atoms with E-state index in [0.717, 1.165) is 16.0 Å². The van der Waals surface area contributed by atoms with Gasteiger partial charge in [0.1, 0.15) is 0 Å². The van der Waals surface area contributed by atoms with Crippen LogP contribution in [0.5, 0.6) is 0 Å². The van der Waals surface area contributed by atoms with Gasteiger partial charge in [0.25, 0.3) is 0 Å². The summed E-state index contributed by atoms with van der Waals surface area (Å²) >= 11 is 0. The average Bonchev–Trinajstić information content (AvgIpc) is 2.78. The molecule has 25 heavy (non-hydrogen) atoms. The van der Waals surface area contributed by atoms with Crippen LogP contribution in [0.25, 0.3) is 11.1 Å². The third-order valence-corrected chi connectivity index (χ3v) is 4.28. The number of halogens is 3. The number of rotatable bonds is 3. The molecular weight excluding hydrogens is 335 g/mol. The van der Waals surface area contributed by atoms with Gasteiger partial charge in [-0.1, -0.05) is 54.6 Å². The molecule has 132 valence electrons. The predicted molar refractivity (Wildman–Crippen MR) is 84.4 cm³/mol. The third-order valence-electron chi connectivity index (χ3n) is 4.28. The minimum atomic E-state index is -4.94. The molecule has 3 rings (SSSR count). The predicted octanol–water partition coefficient (Wildman–Crippen LogP) is 4.51. The first-order chi connectivity index (χ1) is 11.7. The molecule has 0 bridgehead atoms. The number of hydrogen-bond donors (Lipinski definition) is 0. The zero-order chi connectivity index (χ0) is 18.2. The molecule has 4 nitrogen and oxygen atoms in total. The topological polar surface area (TPSA) is 38.8 Å². The van der Waals surface area contributed by atoms with Gasteiger partial charge in [-0.25, -0.2) is 4.79 Å². The first kappa shape index (κ1) is 17.3. The molecule has 1 aliphatic heterocycles. The summed E-state index contributed by atoms with van der Waals surface area (Å²) in [5.41, 5.74) is -0.109. The normalized spacial score (nSPS) is 23.6. The van der Waals surface area contributed by atoms with E-state index in [1.54, 1.807) is 12.1 Å². The zero-order valence-corrected chi connectivity index (χ0v) is 13.6. The number of likely N-dealkylation sites (N-methyl/N-ethyl adjacent to an activating group) is 1. The van der Waals surface area contributed by atoms with E-state index in [9.17, 15) is 18.0 Å². The highest BCUT2D eigenvalue weighted by Crippen LogP contribution is 2.44. The summed E-state index contributed by atoms with van der Waals surface area (Å²) in [7, 11) is 1.22. The summed E-state index contributed by atoms with van der Waals surface area (Å²) in [6.45, 7) is 1.37. The Morgan fingerprint density at radius 3 is 2.08 bits per heavy atom. The smallest absolute Gasteiger partial charge is 0.441 e. The van der Waals surface area contributed by atoms with Crippen LogP contribution in [0.4, 0.5) is 18.0 Å². The van der Waals surface area contributed by atoms with Gasteiger partial charge in [0.2, 0.25) is 5.72 Å². The van der Waals surface area contributed by atoms with Gasteiger partial charge in [0.05, 0.1) is 0 Å². The van der Waals surface area contributed by atoms with Crippen molar-refractivity contribution in [2.45, 2.75) is 25.1 Å². The summed E-state index contributed by atoms with van der Waals surface area (Å²) in [4.78, 5) is 12.6. The second kappa shape index (κ2) is 6.07. The molecule has 0 aliphatic carbocycles.